The highest BCUT2D eigenvalue weighted by atomic mass is 16.6. The van der Waals surface area contributed by atoms with Crippen LogP contribution < -0.4 is 4.74 Å². The fourth-order valence-electron chi connectivity index (χ4n) is 5.27. The molecule has 0 radical (unpaired) electrons. The lowest BCUT2D eigenvalue weighted by Gasteiger charge is -2.50. The Kier molecular flexibility index (Phi) is 7.79. The molecule has 1 aromatic heterocycles. The van der Waals surface area contributed by atoms with Gasteiger partial charge in [-0.25, -0.2) is 4.79 Å². The van der Waals surface area contributed by atoms with Gasteiger partial charge in [-0.15, -0.1) is 6.58 Å². The fraction of sp³-hybridized carbons (Fsp3) is 0.462. The second kappa shape index (κ2) is 10.8. The van der Waals surface area contributed by atoms with Crippen molar-refractivity contribution in [2.45, 2.75) is 37.2 Å². The monoisotopic (exact) mass is 500 g/mol. The van der Waals surface area contributed by atoms with Crippen molar-refractivity contribution in [1.82, 2.24) is 9.88 Å². The number of fused-ring (bicyclic) bond motifs is 4. The molecule has 10 nitrogen and oxygen atoms in total. The standard InChI is InChI=1S/C20H24N2O2.C6H8O6/c1-3-13-12-22-9-7-14(13)10-19(22)20(23)16-6-8-21-18-5-4-15(24-2)11-17(16)18;7-1-2(8)5-3(9)4(10)6(11)12-5/h3-6,8,11,13-14,19-20,23H,1,7,9-10,12H2,2H3;2,5,7-10H,1H2/t13-,14-,19-,20+;2-,5+/m00/s1. The minimum Gasteiger partial charge on any atom is -0.505 e. The summed E-state index contributed by atoms with van der Waals surface area (Å²) in [5.74, 6) is -0.772. The smallest absolute Gasteiger partial charge is 0.377 e. The van der Waals surface area contributed by atoms with Crippen LogP contribution in [-0.2, 0) is 9.53 Å². The average Bonchev–Trinajstić information content (AvgIpc) is 3.19. The van der Waals surface area contributed by atoms with Crippen LogP contribution in [0.5, 0.6) is 5.75 Å². The number of pyridine rings is 1. The van der Waals surface area contributed by atoms with Crippen molar-refractivity contribution in [1.29, 1.82) is 0 Å². The highest BCUT2D eigenvalue weighted by Crippen LogP contribution is 2.42. The number of nitrogens with zero attached hydrogens (tertiary/aromatic N) is 2. The fourth-order valence-corrected chi connectivity index (χ4v) is 5.27. The molecule has 7 atom stereocenters. The Morgan fingerprint density at radius 3 is 2.67 bits per heavy atom. The van der Waals surface area contributed by atoms with Crippen molar-refractivity contribution in [2.24, 2.45) is 11.8 Å². The SMILES string of the molecule is C=C[C@H]1CN2CC[C@H]1C[C@H]2[C@H](O)c1ccnc2ccc(OC)cc12.O=C1O[C@H]([C@@H](O)CO)C(O)=C1O. The van der Waals surface area contributed by atoms with Gasteiger partial charge in [-0.05, 0) is 61.1 Å². The molecule has 5 N–H and O–H groups in total. The van der Waals surface area contributed by atoms with Crippen LogP contribution in [0, 0.1) is 11.8 Å². The van der Waals surface area contributed by atoms with Crippen LogP contribution in [-0.4, -0.2) is 86.4 Å². The largest absolute Gasteiger partial charge is 0.505 e. The van der Waals surface area contributed by atoms with Crippen LogP contribution in [0.4, 0.5) is 0 Å². The zero-order chi connectivity index (χ0) is 26.0. The molecule has 1 unspecified atom stereocenters. The minimum atomic E-state index is -1.42. The third-order valence-electron chi connectivity index (χ3n) is 7.30. The Morgan fingerprint density at radius 2 is 2.08 bits per heavy atom. The van der Waals surface area contributed by atoms with Crippen molar-refractivity contribution in [2.75, 3.05) is 26.8 Å². The molecule has 10 heteroatoms. The molecule has 6 rings (SSSR count). The molecule has 3 fully saturated rings. The van der Waals surface area contributed by atoms with E-state index in [1.54, 1.807) is 13.3 Å². The Morgan fingerprint density at radius 1 is 1.31 bits per heavy atom. The number of esters is 1. The zero-order valence-electron chi connectivity index (χ0n) is 20.0. The van der Waals surface area contributed by atoms with Crippen LogP contribution >= 0.6 is 0 Å². The molecule has 2 aromatic rings. The molecule has 2 bridgehead atoms. The van der Waals surface area contributed by atoms with Crippen molar-refractivity contribution < 1.29 is 39.8 Å². The topological polar surface area (TPSA) is 153 Å². The van der Waals surface area contributed by atoms with Crippen LogP contribution in [0.3, 0.4) is 0 Å². The summed E-state index contributed by atoms with van der Waals surface area (Å²) in [6, 6.07) is 7.96. The summed E-state index contributed by atoms with van der Waals surface area (Å²) in [5, 5.41) is 47.2. The summed E-state index contributed by atoms with van der Waals surface area (Å²) < 4.78 is 9.67. The number of hydrogen-bond acceptors (Lipinski definition) is 10. The average molecular weight is 501 g/mol. The van der Waals surface area contributed by atoms with Crippen molar-refractivity contribution >= 4 is 16.9 Å². The van der Waals surface area contributed by atoms with E-state index < -0.39 is 42.4 Å². The van der Waals surface area contributed by atoms with E-state index in [0.717, 1.165) is 41.7 Å². The highest BCUT2D eigenvalue weighted by molar-refractivity contribution is 5.89. The number of cyclic esters (lactones) is 1. The molecule has 194 valence electrons. The highest BCUT2D eigenvalue weighted by Gasteiger charge is 2.42. The summed E-state index contributed by atoms with van der Waals surface area (Å²) in [6.45, 7) is 5.40. The minimum absolute atomic E-state index is 0.178. The Bertz CT molecular complexity index is 1150. The normalized spacial score (nSPS) is 28.8. The van der Waals surface area contributed by atoms with Gasteiger partial charge in [0.1, 0.15) is 11.9 Å². The number of aromatic nitrogens is 1. The van der Waals surface area contributed by atoms with Crippen LogP contribution in [0.2, 0.25) is 0 Å². The van der Waals surface area contributed by atoms with E-state index in [1.165, 1.54) is 6.42 Å². The number of rotatable bonds is 6. The number of aliphatic hydroxyl groups is 5. The van der Waals surface area contributed by atoms with E-state index in [9.17, 15) is 9.90 Å². The first-order chi connectivity index (χ1) is 17.3. The molecule has 1 aromatic carbocycles. The van der Waals surface area contributed by atoms with Crippen molar-refractivity contribution in [3.8, 4) is 5.75 Å². The molecule has 3 saturated heterocycles. The van der Waals surface area contributed by atoms with Gasteiger partial charge in [-0.1, -0.05) is 6.08 Å². The maximum Gasteiger partial charge on any atom is 0.377 e. The summed E-state index contributed by atoms with van der Waals surface area (Å²) in [6.07, 6.45) is 2.84. The molecular formula is C26H32N2O8. The van der Waals surface area contributed by atoms with Gasteiger partial charge in [0.25, 0.3) is 0 Å². The third kappa shape index (κ3) is 4.90. The molecule has 0 spiro atoms. The quantitative estimate of drug-likeness (QED) is 0.293. The molecule has 0 aliphatic carbocycles. The Labute approximate surface area is 208 Å². The number of benzene rings is 1. The van der Waals surface area contributed by atoms with E-state index in [1.807, 2.05) is 24.3 Å². The van der Waals surface area contributed by atoms with Gasteiger partial charge >= 0.3 is 5.97 Å². The van der Waals surface area contributed by atoms with Gasteiger partial charge in [0.05, 0.1) is 25.3 Å². The molecule has 5 heterocycles. The summed E-state index contributed by atoms with van der Waals surface area (Å²) >= 11 is 0. The maximum absolute atomic E-state index is 11.2. The number of piperidine rings is 3. The zero-order valence-corrected chi connectivity index (χ0v) is 20.0. The molecular weight excluding hydrogens is 468 g/mol. The summed E-state index contributed by atoms with van der Waals surface area (Å²) in [5.41, 5.74) is 1.85. The van der Waals surface area contributed by atoms with Gasteiger partial charge in [0, 0.05) is 24.2 Å². The number of ether oxygens (including phenoxy) is 2. The van der Waals surface area contributed by atoms with Gasteiger partial charge in [0.2, 0.25) is 5.76 Å². The number of carbonyl (C=O) groups is 1. The van der Waals surface area contributed by atoms with E-state index in [4.69, 9.17) is 25.2 Å². The second-order valence-electron chi connectivity index (χ2n) is 9.28. The predicted octanol–water partition coefficient (Wildman–Crippen LogP) is 1.77. The van der Waals surface area contributed by atoms with Gasteiger partial charge in [-0.2, -0.15) is 0 Å². The predicted molar refractivity (Wildman–Crippen MR) is 130 cm³/mol. The van der Waals surface area contributed by atoms with Gasteiger partial charge in [-0.3, -0.25) is 9.88 Å². The van der Waals surface area contributed by atoms with Crippen LogP contribution in [0.15, 0.2) is 54.6 Å². The lowest BCUT2D eigenvalue weighted by Crippen LogP contribution is -2.54. The van der Waals surface area contributed by atoms with Crippen LogP contribution in [0.25, 0.3) is 10.9 Å². The molecule has 0 saturated carbocycles. The maximum atomic E-state index is 11.2. The first-order valence-corrected chi connectivity index (χ1v) is 11.9. The first kappa shape index (κ1) is 25.9. The number of carbonyl (C=O) groups excluding carboxylic acids is 1. The lowest BCUT2D eigenvalue weighted by atomic mass is 9.73. The van der Waals surface area contributed by atoms with E-state index >= 15 is 0 Å². The number of methoxy groups -OCH3 is 1. The van der Waals surface area contributed by atoms with E-state index in [2.05, 4.69) is 27.3 Å². The number of hydrogen-bond donors (Lipinski definition) is 5. The Balaban J connectivity index is 0.000000214. The lowest BCUT2D eigenvalue weighted by molar-refractivity contribution is -0.147. The van der Waals surface area contributed by atoms with Gasteiger partial charge in [0.15, 0.2) is 11.9 Å². The molecule has 36 heavy (non-hydrogen) atoms. The van der Waals surface area contributed by atoms with Crippen molar-refractivity contribution in [3.63, 3.8) is 0 Å². The van der Waals surface area contributed by atoms with Gasteiger partial charge < -0.3 is 35.0 Å². The summed E-state index contributed by atoms with van der Waals surface area (Å²) in [7, 11) is 1.66. The van der Waals surface area contributed by atoms with Crippen molar-refractivity contribution in [3.05, 3.63) is 60.2 Å². The second-order valence-corrected chi connectivity index (χ2v) is 9.28. The molecule has 4 aliphatic heterocycles. The van der Waals surface area contributed by atoms with E-state index in [0.29, 0.717) is 11.8 Å². The molecule has 4 aliphatic rings. The summed E-state index contributed by atoms with van der Waals surface area (Å²) in [4.78, 5) is 17.4. The first-order valence-electron chi connectivity index (χ1n) is 11.9. The Hall–Kier alpha value is -3.18. The number of aliphatic hydroxyl groups excluding tert-OH is 5. The van der Waals surface area contributed by atoms with E-state index in [-0.39, 0.29) is 6.04 Å². The molecule has 0 amide bonds. The third-order valence-corrected chi connectivity index (χ3v) is 7.30. The van der Waals surface area contributed by atoms with Crippen LogP contribution in [0.1, 0.15) is 24.5 Å².